The van der Waals surface area contributed by atoms with Crippen LogP contribution in [0.1, 0.15) is 27.2 Å². The van der Waals surface area contributed by atoms with Crippen LogP contribution in [-0.4, -0.2) is 17.4 Å². The quantitative estimate of drug-likeness (QED) is 0.278. The maximum absolute atomic E-state index is 13.8. The Hall–Kier alpha value is -4.31. The fraction of sp³-hybridized carbons (Fsp3) is 0.129. The fourth-order valence-electron chi connectivity index (χ4n) is 4.71. The Morgan fingerprint density at radius 3 is 2.37 bits per heavy atom. The van der Waals surface area contributed by atoms with Crippen LogP contribution in [0.25, 0.3) is 22.1 Å². The molecule has 5 aromatic rings. The van der Waals surface area contributed by atoms with Gasteiger partial charge in [0.2, 0.25) is 0 Å². The zero-order valence-corrected chi connectivity index (χ0v) is 19.3. The predicted molar refractivity (Wildman–Crippen MR) is 137 cm³/mol. The van der Waals surface area contributed by atoms with Gasteiger partial charge >= 0.3 is 0 Å². The molecule has 0 atom stereocenters. The first-order valence-corrected chi connectivity index (χ1v) is 11.9. The molecule has 0 saturated heterocycles. The molecule has 172 valence electrons. The summed E-state index contributed by atoms with van der Waals surface area (Å²) >= 11 is 0. The van der Waals surface area contributed by atoms with E-state index in [1.165, 1.54) is 5.56 Å². The van der Waals surface area contributed by atoms with Crippen molar-refractivity contribution in [2.45, 2.75) is 19.5 Å². The maximum atomic E-state index is 13.8. The average molecular weight is 460 g/mol. The predicted octanol–water partition coefficient (Wildman–Crippen LogP) is 6.88. The molecule has 0 bridgehead atoms. The molecule has 6 rings (SSSR count). The van der Waals surface area contributed by atoms with Gasteiger partial charge < -0.3 is 14.1 Å². The van der Waals surface area contributed by atoms with Crippen LogP contribution in [0.2, 0.25) is 0 Å². The number of carbonyl (C=O) groups excluding carboxylic acids is 1. The molecule has 1 amide bonds. The van der Waals surface area contributed by atoms with Crippen LogP contribution in [-0.2, 0) is 19.5 Å². The number of para-hydroxylation sites is 2. The molecule has 1 aromatic heterocycles. The Morgan fingerprint density at radius 1 is 0.771 bits per heavy atom. The minimum Gasteiger partial charge on any atom is -0.492 e. The number of fused-ring (bicyclic) bond motifs is 2. The maximum Gasteiger partial charge on any atom is 0.258 e. The number of furan rings is 1. The van der Waals surface area contributed by atoms with Crippen molar-refractivity contribution in [3.8, 4) is 16.9 Å². The average Bonchev–Trinajstić information content (AvgIpc) is 3.55. The van der Waals surface area contributed by atoms with Gasteiger partial charge in [0, 0.05) is 18.4 Å². The van der Waals surface area contributed by atoms with Gasteiger partial charge in [0.25, 0.3) is 5.91 Å². The van der Waals surface area contributed by atoms with Crippen molar-refractivity contribution < 1.29 is 13.9 Å². The Kier molecular flexibility index (Phi) is 5.55. The van der Waals surface area contributed by atoms with Gasteiger partial charge in [-0.2, -0.15) is 0 Å². The van der Waals surface area contributed by atoms with Crippen molar-refractivity contribution in [2.75, 3.05) is 6.61 Å². The summed E-state index contributed by atoms with van der Waals surface area (Å²) in [7, 11) is 0. The van der Waals surface area contributed by atoms with Crippen LogP contribution in [0.3, 0.4) is 0 Å². The molecule has 0 unspecified atom stereocenters. The van der Waals surface area contributed by atoms with Gasteiger partial charge in [-0.25, -0.2) is 0 Å². The first kappa shape index (κ1) is 21.2. The normalized spacial score (nSPS) is 12.3. The molecule has 4 nitrogen and oxygen atoms in total. The number of hydrogen-bond acceptors (Lipinski definition) is 3. The van der Waals surface area contributed by atoms with Gasteiger partial charge in [0.05, 0.1) is 18.7 Å². The van der Waals surface area contributed by atoms with Crippen molar-refractivity contribution in [2.24, 2.45) is 0 Å². The third-order valence-corrected chi connectivity index (χ3v) is 6.49. The Morgan fingerprint density at radius 2 is 1.54 bits per heavy atom. The largest absolute Gasteiger partial charge is 0.492 e. The van der Waals surface area contributed by atoms with Crippen LogP contribution in [0, 0.1) is 0 Å². The smallest absolute Gasteiger partial charge is 0.258 e. The van der Waals surface area contributed by atoms with Crippen molar-refractivity contribution in [3.05, 3.63) is 126 Å². The van der Waals surface area contributed by atoms with Gasteiger partial charge in [0.15, 0.2) is 0 Å². The van der Waals surface area contributed by atoms with Gasteiger partial charge in [-0.15, -0.1) is 0 Å². The highest BCUT2D eigenvalue weighted by Crippen LogP contribution is 2.31. The van der Waals surface area contributed by atoms with Crippen molar-refractivity contribution in [1.29, 1.82) is 0 Å². The number of benzene rings is 4. The summed E-state index contributed by atoms with van der Waals surface area (Å²) in [4.78, 5) is 15.7. The van der Waals surface area contributed by atoms with Gasteiger partial charge in [-0.05, 0) is 40.5 Å². The van der Waals surface area contributed by atoms with E-state index in [2.05, 4.69) is 36.4 Å². The monoisotopic (exact) mass is 459 g/mol. The topological polar surface area (TPSA) is 42.7 Å². The Balaban J connectivity index is 1.32. The van der Waals surface area contributed by atoms with E-state index in [1.807, 2.05) is 71.6 Å². The molecule has 0 N–H and O–H groups in total. The lowest BCUT2D eigenvalue weighted by molar-refractivity contribution is 0.0715. The molecule has 0 radical (unpaired) electrons. The second-order valence-electron chi connectivity index (χ2n) is 8.87. The molecular formula is C31H25NO3. The third kappa shape index (κ3) is 4.31. The van der Waals surface area contributed by atoms with Gasteiger partial charge in [-0.1, -0.05) is 84.9 Å². The summed E-state index contributed by atoms with van der Waals surface area (Å²) in [6.45, 7) is 1.45. The van der Waals surface area contributed by atoms with Crippen LogP contribution in [0.4, 0.5) is 0 Å². The number of nitrogens with zero attached hydrogens (tertiary/aromatic N) is 1. The van der Waals surface area contributed by atoms with E-state index in [0.29, 0.717) is 31.0 Å². The van der Waals surface area contributed by atoms with Crippen LogP contribution in [0.5, 0.6) is 5.75 Å². The molecule has 35 heavy (non-hydrogen) atoms. The SMILES string of the molecule is O=C(c1cccc2c1OCC2)N(Cc1ccc(-c2ccccc2)cc1)Cc1cc2ccccc2o1. The summed E-state index contributed by atoms with van der Waals surface area (Å²) in [6.07, 6.45) is 0.834. The van der Waals surface area contributed by atoms with Gasteiger partial charge in [-0.3, -0.25) is 4.79 Å². The molecule has 4 heteroatoms. The summed E-state index contributed by atoms with van der Waals surface area (Å²) in [5.41, 5.74) is 5.91. The molecule has 0 aliphatic carbocycles. The molecule has 1 aliphatic rings. The summed E-state index contributed by atoms with van der Waals surface area (Å²) in [5, 5.41) is 1.03. The number of amides is 1. The molecule has 0 spiro atoms. The lowest BCUT2D eigenvalue weighted by Crippen LogP contribution is -2.30. The van der Waals surface area contributed by atoms with E-state index in [4.69, 9.17) is 9.15 Å². The zero-order valence-electron chi connectivity index (χ0n) is 19.3. The third-order valence-electron chi connectivity index (χ3n) is 6.49. The highest BCUT2D eigenvalue weighted by molar-refractivity contribution is 5.97. The van der Waals surface area contributed by atoms with Crippen LogP contribution >= 0.6 is 0 Å². The first-order valence-electron chi connectivity index (χ1n) is 11.9. The van der Waals surface area contributed by atoms with E-state index in [0.717, 1.165) is 39.8 Å². The summed E-state index contributed by atoms with van der Waals surface area (Å²) in [5.74, 6) is 1.41. The number of hydrogen-bond donors (Lipinski definition) is 0. The highest BCUT2D eigenvalue weighted by Gasteiger charge is 2.25. The zero-order chi connectivity index (χ0) is 23.6. The van der Waals surface area contributed by atoms with E-state index >= 15 is 0 Å². The number of carbonyl (C=O) groups is 1. The highest BCUT2D eigenvalue weighted by atomic mass is 16.5. The number of ether oxygens (including phenoxy) is 1. The molecule has 2 heterocycles. The molecule has 4 aromatic carbocycles. The van der Waals surface area contributed by atoms with Gasteiger partial charge in [0.1, 0.15) is 17.1 Å². The molecule has 0 saturated carbocycles. The molecule has 1 aliphatic heterocycles. The Labute approximate surface area is 204 Å². The van der Waals surface area contributed by atoms with Crippen LogP contribution in [0.15, 0.2) is 108 Å². The van der Waals surface area contributed by atoms with E-state index < -0.39 is 0 Å². The van der Waals surface area contributed by atoms with Crippen molar-refractivity contribution >= 4 is 16.9 Å². The van der Waals surface area contributed by atoms with Crippen molar-refractivity contribution in [3.63, 3.8) is 0 Å². The standard InChI is InChI=1S/C31H25NO3/c33-31(28-11-6-10-25-17-18-34-30(25)28)32(21-27-19-26-9-4-5-12-29(26)35-27)20-22-13-15-24(16-14-22)23-7-2-1-3-8-23/h1-16,19H,17-18,20-21H2. The first-order chi connectivity index (χ1) is 17.2. The van der Waals surface area contributed by atoms with Crippen molar-refractivity contribution in [1.82, 2.24) is 4.90 Å². The summed E-state index contributed by atoms with van der Waals surface area (Å²) < 4.78 is 11.9. The van der Waals surface area contributed by atoms with E-state index in [9.17, 15) is 4.79 Å². The second kappa shape index (κ2) is 9.15. The van der Waals surface area contributed by atoms with E-state index in [1.54, 1.807) is 0 Å². The minimum absolute atomic E-state index is 0.0589. The van der Waals surface area contributed by atoms with E-state index in [-0.39, 0.29) is 5.91 Å². The number of rotatable bonds is 6. The van der Waals surface area contributed by atoms with Crippen LogP contribution < -0.4 is 4.74 Å². The lowest BCUT2D eigenvalue weighted by Gasteiger charge is -2.23. The summed E-state index contributed by atoms with van der Waals surface area (Å²) in [6, 6.07) is 34.5. The lowest BCUT2D eigenvalue weighted by atomic mass is 10.0. The molecule has 0 fully saturated rings. The second-order valence-corrected chi connectivity index (χ2v) is 8.87. The Bertz CT molecular complexity index is 1450. The minimum atomic E-state index is -0.0589. The fourth-order valence-corrected chi connectivity index (χ4v) is 4.71. The molecular weight excluding hydrogens is 434 g/mol.